The number of fused-ring (bicyclic) bond motifs is 2. The van der Waals surface area contributed by atoms with Crippen LogP contribution in [-0.2, 0) is 0 Å². The molecular formula is C34H37N7O3. The van der Waals surface area contributed by atoms with E-state index in [1.54, 1.807) is 18.3 Å². The standard InChI is InChI=1S/C34H37N7O3/c1-34(2)30(29(43)25-7-5-6-8-27(25)39(34)4)41-31-22(19-26(32(41)44)28(42)21-9-10-21)20-35-33(37-31)36-23-11-13-24(14-12-23)40-17-15-38(3)16-18-40/h5-8,11-14,19-21,30H,9-10,15-18H2,1-4H3,(H,35,36,37). The largest absolute Gasteiger partial charge is 0.369 e. The molecule has 10 nitrogen and oxygen atoms in total. The van der Waals surface area contributed by atoms with Gasteiger partial charge in [-0.05, 0) is 76.2 Å². The number of piperazine rings is 1. The van der Waals surface area contributed by atoms with Crippen molar-refractivity contribution < 1.29 is 9.59 Å². The minimum absolute atomic E-state index is 0.0916. The molecule has 1 unspecified atom stereocenters. The number of likely N-dealkylation sites (N-methyl/N-ethyl adjacent to an activating group) is 2. The van der Waals surface area contributed by atoms with Gasteiger partial charge in [-0.15, -0.1) is 0 Å². The molecule has 2 aromatic carbocycles. The number of Topliss-reactive ketones (excluding diaryl/α,β-unsaturated/α-hetero) is 2. The Balaban J connectivity index is 1.31. The SMILES string of the molecule is CN1CCN(c2ccc(Nc3ncc4cc(C(=O)C5CC5)c(=O)n(C5C(=O)c6ccccc6N(C)C5(C)C)c4n3)cc2)CC1. The van der Waals surface area contributed by atoms with E-state index in [4.69, 9.17) is 4.98 Å². The minimum atomic E-state index is -0.921. The topological polar surface area (TPSA) is 104 Å². The molecule has 0 bridgehead atoms. The van der Waals surface area contributed by atoms with Crippen LogP contribution >= 0.6 is 0 Å². The monoisotopic (exact) mass is 591 g/mol. The van der Waals surface area contributed by atoms with Crippen molar-refractivity contribution in [2.45, 2.75) is 38.3 Å². The summed E-state index contributed by atoms with van der Waals surface area (Å²) >= 11 is 0. The molecule has 0 radical (unpaired) electrons. The number of hydrogen-bond donors (Lipinski definition) is 1. The summed E-state index contributed by atoms with van der Waals surface area (Å²) in [5.74, 6) is -0.212. The van der Waals surface area contributed by atoms with Gasteiger partial charge in [0.25, 0.3) is 5.56 Å². The molecule has 0 amide bonds. The molecular weight excluding hydrogens is 554 g/mol. The van der Waals surface area contributed by atoms with Crippen molar-refractivity contribution in [3.63, 3.8) is 0 Å². The third-order valence-electron chi connectivity index (χ3n) is 9.55. The third kappa shape index (κ3) is 4.73. The van der Waals surface area contributed by atoms with E-state index in [2.05, 4.69) is 39.3 Å². The van der Waals surface area contributed by atoms with Crippen molar-refractivity contribution in [1.82, 2.24) is 19.4 Å². The van der Waals surface area contributed by atoms with E-state index < -0.39 is 17.1 Å². The van der Waals surface area contributed by atoms with E-state index in [0.29, 0.717) is 22.5 Å². The number of carbonyl (C=O) groups excluding carboxylic acids is 2. The van der Waals surface area contributed by atoms with Gasteiger partial charge in [0, 0.05) is 73.4 Å². The molecule has 7 rings (SSSR count). The first-order valence-corrected chi connectivity index (χ1v) is 15.3. The predicted molar refractivity (Wildman–Crippen MR) is 173 cm³/mol. The maximum absolute atomic E-state index is 14.3. The molecule has 4 heterocycles. The Morgan fingerprint density at radius 2 is 1.66 bits per heavy atom. The van der Waals surface area contributed by atoms with E-state index in [1.807, 2.05) is 56.1 Å². The molecule has 3 aliphatic rings. The summed E-state index contributed by atoms with van der Waals surface area (Å²) in [5.41, 5.74) is 2.41. The molecule has 2 aliphatic heterocycles. The molecule has 2 fully saturated rings. The van der Waals surface area contributed by atoms with Gasteiger partial charge in [0.05, 0.1) is 11.1 Å². The molecule has 1 saturated heterocycles. The second-order valence-corrected chi connectivity index (χ2v) is 12.8. The number of rotatable bonds is 6. The summed E-state index contributed by atoms with van der Waals surface area (Å²) in [6.45, 7) is 7.92. The van der Waals surface area contributed by atoms with Crippen LogP contribution in [0.3, 0.4) is 0 Å². The fraction of sp³-hybridized carbons (Fsp3) is 0.382. The lowest BCUT2D eigenvalue weighted by atomic mass is 9.81. The molecule has 44 heavy (non-hydrogen) atoms. The van der Waals surface area contributed by atoms with Gasteiger partial charge in [-0.25, -0.2) is 4.98 Å². The highest BCUT2D eigenvalue weighted by atomic mass is 16.2. The van der Waals surface area contributed by atoms with Crippen LogP contribution < -0.4 is 20.7 Å². The zero-order valence-corrected chi connectivity index (χ0v) is 25.6. The Kier molecular flexibility index (Phi) is 6.77. The van der Waals surface area contributed by atoms with E-state index in [9.17, 15) is 14.4 Å². The van der Waals surface area contributed by atoms with Crippen molar-refractivity contribution in [2.75, 3.05) is 55.4 Å². The van der Waals surface area contributed by atoms with E-state index in [0.717, 1.165) is 56.1 Å². The summed E-state index contributed by atoms with van der Waals surface area (Å²) in [4.78, 5) is 57.9. The van der Waals surface area contributed by atoms with Crippen molar-refractivity contribution >= 4 is 45.6 Å². The summed E-state index contributed by atoms with van der Waals surface area (Å²) in [5, 5.41) is 3.81. The van der Waals surface area contributed by atoms with Crippen molar-refractivity contribution in [3.05, 3.63) is 82.3 Å². The predicted octanol–water partition coefficient (Wildman–Crippen LogP) is 4.53. The highest BCUT2D eigenvalue weighted by Crippen LogP contribution is 2.42. The van der Waals surface area contributed by atoms with Crippen LogP contribution in [0.5, 0.6) is 0 Å². The maximum atomic E-state index is 14.3. The number of aromatic nitrogens is 3. The Hall–Kier alpha value is -4.57. The number of benzene rings is 2. The Morgan fingerprint density at radius 1 is 0.955 bits per heavy atom. The fourth-order valence-corrected chi connectivity index (χ4v) is 6.48. The second kappa shape index (κ2) is 10.6. The third-order valence-corrected chi connectivity index (χ3v) is 9.55. The van der Waals surface area contributed by atoms with Gasteiger partial charge in [0.15, 0.2) is 11.6 Å². The highest BCUT2D eigenvalue weighted by Gasteiger charge is 2.47. The average molecular weight is 592 g/mol. The fourth-order valence-electron chi connectivity index (χ4n) is 6.48. The lowest BCUT2D eigenvalue weighted by Crippen LogP contribution is -2.57. The second-order valence-electron chi connectivity index (χ2n) is 12.8. The maximum Gasteiger partial charge on any atom is 0.263 e. The Bertz CT molecular complexity index is 1840. The molecule has 226 valence electrons. The van der Waals surface area contributed by atoms with Crippen molar-refractivity contribution in [2.24, 2.45) is 5.92 Å². The lowest BCUT2D eigenvalue weighted by Gasteiger charge is -2.47. The van der Waals surface area contributed by atoms with Crippen LogP contribution in [-0.4, -0.2) is 76.8 Å². The lowest BCUT2D eigenvalue weighted by molar-refractivity contribution is 0.0855. The smallest absolute Gasteiger partial charge is 0.263 e. The zero-order valence-electron chi connectivity index (χ0n) is 25.6. The molecule has 2 aromatic heterocycles. The molecule has 4 aromatic rings. The number of nitrogens with one attached hydrogen (secondary N) is 1. The first-order valence-electron chi connectivity index (χ1n) is 15.3. The number of pyridine rings is 1. The van der Waals surface area contributed by atoms with Gasteiger partial charge < -0.3 is 20.0 Å². The number of carbonyl (C=O) groups is 2. The molecule has 1 atom stereocenters. The van der Waals surface area contributed by atoms with Crippen molar-refractivity contribution in [1.29, 1.82) is 0 Å². The van der Waals surface area contributed by atoms with Crippen molar-refractivity contribution in [3.8, 4) is 0 Å². The average Bonchev–Trinajstić information content (AvgIpc) is 3.87. The summed E-state index contributed by atoms with van der Waals surface area (Å²) < 4.78 is 1.45. The minimum Gasteiger partial charge on any atom is -0.369 e. The van der Waals surface area contributed by atoms with E-state index >= 15 is 0 Å². The zero-order chi connectivity index (χ0) is 30.7. The normalized spacial score (nSPS) is 20.1. The molecule has 1 aliphatic carbocycles. The van der Waals surface area contributed by atoms with Gasteiger partial charge in [-0.3, -0.25) is 19.0 Å². The summed E-state index contributed by atoms with van der Waals surface area (Å²) in [7, 11) is 4.07. The Morgan fingerprint density at radius 3 is 2.36 bits per heavy atom. The molecule has 1 N–H and O–H groups in total. The van der Waals surface area contributed by atoms with Gasteiger partial charge in [-0.1, -0.05) is 12.1 Å². The van der Waals surface area contributed by atoms with Crippen LogP contribution in [0.15, 0.2) is 65.6 Å². The van der Waals surface area contributed by atoms with Crippen LogP contribution in [0.4, 0.5) is 23.0 Å². The van der Waals surface area contributed by atoms with Gasteiger partial charge in [0.2, 0.25) is 5.95 Å². The van der Waals surface area contributed by atoms with Crippen LogP contribution in [0.1, 0.15) is 53.4 Å². The van der Waals surface area contributed by atoms with Crippen LogP contribution in [0, 0.1) is 5.92 Å². The summed E-state index contributed by atoms with van der Waals surface area (Å²) in [6.07, 6.45) is 3.17. The molecule has 1 saturated carbocycles. The number of nitrogens with zero attached hydrogens (tertiary/aromatic N) is 6. The van der Waals surface area contributed by atoms with Gasteiger partial charge in [0.1, 0.15) is 11.7 Å². The van der Waals surface area contributed by atoms with E-state index in [-0.39, 0.29) is 23.0 Å². The van der Waals surface area contributed by atoms with Gasteiger partial charge >= 0.3 is 0 Å². The first-order chi connectivity index (χ1) is 21.1. The number of ketones is 2. The Labute approximate surface area is 256 Å². The summed E-state index contributed by atoms with van der Waals surface area (Å²) in [6, 6.07) is 16.3. The molecule has 0 spiro atoms. The van der Waals surface area contributed by atoms with E-state index in [1.165, 1.54) is 4.57 Å². The number of hydrogen-bond acceptors (Lipinski definition) is 9. The van der Waals surface area contributed by atoms with Crippen LogP contribution in [0.2, 0.25) is 0 Å². The van der Waals surface area contributed by atoms with Gasteiger partial charge in [-0.2, -0.15) is 4.98 Å². The molecule has 10 heteroatoms. The number of para-hydroxylation sites is 1. The highest BCUT2D eigenvalue weighted by molar-refractivity contribution is 6.08. The number of anilines is 4. The quantitative estimate of drug-likeness (QED) is 0.324. The first kappa shape index (κ1) is 28.2. The van der Waals surface area contributed by atoms with Crippen LogP contribution in [0.25, 0.3) is 11.0 Å².